The molecule has 0 radical (unpaired) electrons. The minimum atomic E-state index is 0.0836. The van der Waals surface area contributed by atoms with Gasteiger partial charge in [-0.1, -0.05) is 30.3 Å². The topological polar surface area (TPSA) is 50.2 Å². The Labute approximate surface area is 136 Å². The predicted molar refractivity (Wildman–Crippen MR) is 87.8 cm³/mol. The number of amides is 2. The van der Waals surface area contributed by atoms with E-state index in [2.05, 4.69) is 20.0 Å². The molecule has 23 heavy (non-hydrogen) atoms. The van der Waals surface area contributed by atoms with Crippen molar-refractivity contribution in [3.8, 4) is 0 Å². The van der Waals surface area contributed by atoms with Crippen LogP contribution in [0, 0.1) is 0 Å². The predicted octanol–water partition coefficient (Wildman–Crippen LogP) is 2.96. The summed E-state index contributed by atoms with van der Waals surface area (Å²) in [4.78, 5) is 14.7. The molecule has 2 atom stereocenters. The first kappa shape index (κ1) is 14.3. The van der Waals surface area contributed by atoms with Crippen LogP contribution in [-0.4, -0.2) is 32.8 Å². The van der Waals surface area contributed by atoms with Gasteiger partial charge in [0.25, 0.3) is 0 Å². The second-order valence-electron chi connectivity index (χ2n) is 6.55. The Bertz CT molecular complexity index is 641. The van der Waals surface area contributed by atoms with Crippen LogP contribution in [0.5, 0.6) is 0 Å². The Hall–Kier alpha value is -2.30. The standard InChI is InChI=1S/C18H22N4O/c23-18(19-13-14-5-2-1-3-6-14)22-15-7-8-16(22)12-17(11-15)21-10-4-9-20-21/h1-6,9-10,15-17H,7-8,11-13H2,(H,19,23). The smallest absolute Gasteiger partial charge is 0.318 e. The van der Waals surface area contributed by atoms with Gasteiger partial charge in [-0.05, 0) is 37.3 Å². The van der Waals surface area contributed by atoms with Crippen molar-refractivity contribution in [2.45, 2.75) is 50.4 Å². The van der Waals surface area contributed by atoms with E-state index in [0.717, 1.165) is 31.2 Å². The highest BCUT2D eigenvalue weighted by molar-refractivity contribution is 5.75. The normalized spacial score (nSPS) is 26.3. The summed E-state index contributed by atoms with van der Waals surface area (Å²) in [5, 5.41) is 7.46. The zero-order chi connectivity index (χ0) is 15.6. The van der Waals surface area contributed by atoms with Gasteiger partial charge in [-0.2, -0.15) is 5.10 Å². The van der Waals surface area contributed by atoms with Gasteiger partial charge in [0.05, 0.1) is 6.04 Å². The van der Waals surface area contributed by atoms with Crippen molar-refractivity contribution in [3.63, 3.8) is 0 Å². The van der Waals surface area contributed by atoms with E-state index in [1.165, 1.54) is 0 Å². The van der Waals surface area contributed by atoms with E-state index in [0.29, 0.717) is 24.7 Å². The first-order valence-corrected chi connectivity index (χ1v) is 8.40. The molecule has 2 unspecified atom stereocenters. The number of rotatable bonds is 3. The molecule has 1 aromatic heterocycles. The van der Waals surface area contributed by atoms with Gasteiger partial charge in [0, 0.05) is 31.0 Å². The third-order valence-corrected chi connectivity index (χ3v) is 5.13. The molecule has 1 aromatic carbocycles. The van der Waals surface area contributed by atoms with E-state index in [9.17, 15) is 4.79 Å². The molecule has 2 aliphatic rings. The Morgan fingerprint density at radius 1 is 1.09 bits per heavy atom. The number of piperidine rings is 1. The Morgan fingerprint density at radius 2 is 1.83 bits per heavy atom. The summed E-state index contributed by atoms with van der Waals surface area (Å²) in [5.74, 6) is 0. The second kappa shape index (κ2) is 6.07. The van der Waals surface area contributed by atoms with Gasteiger partial charge in [0.2, 0.25) is 0 Å². The number of urea groups is 1. The Balaban J connectivity index is 1.39. The summed E-state index contributed by atoms with van der Waals surface area (Å²) in [6.45, 7) is 0.595. The van der Waals surface area contributed by atoms with Crippen molar-refractivity contribution in [2.75, 3.05) is 0 Å². The Kier molecular flexibility index (Phi) is 3.77. The van der Waals surface area contributed by atoms with Crippen LogP contribution in [0.15, 0.2) is 48.8 Å². The molecule has 2 amide bonds. The van der Waals surface area contributed by atoms with Crippen molar-refractivity contribution in [1.29, 1.82) is 0 Å². The van der Waals surface area contributed by atoms with E-state index >= 15 is 0 Å². The van der Waals surface area contributed by atoms with Gasteiger partial charge >= 0.3 is 6.03 Å². The first-order chi connectivity index (χ1) is 11.3. The lowest BCUT2D eigenvalue weighted by molar-refractivity contribution is 0.120. The molecular weight excluding hydrogens is 288 g/mol. The van der Waals surface area contributed by atoms with E-state index in [1.807, 2.05) is 48.8 Å². The molecule has 5 heteroatoms. The summed E-state index contributed by atoms with van der Waals surface area (Å²) >= 11 is 0. The fourth-order valence-corrected chi connectivity index (χ4v) is 4.06. The lowest BCUT2D eigenvalue weighted by Crippen LogP contribution is -2.50. The number of hydrogen-bond acceptors (Lipinski definition) is 2. The first-order valence-electron chi connectivity index (χ1n) is 8.40. The number of aromatic nitrogens is 2. The number of carbonyl (C=O) groups is 1. The molecule has 2 fully saturated rings. The van der Waals surface area contributed by atoms with Crippen LogP contribution < -0.4 is 5.32 Å². The SMILES string of the molecule is O=C(NCc1ccccc1)N1C2CCC1CC(n1cccn1)C2. The molecule has 0 saturated carbocycles. The molecule has 0 spiro atoms. The summed E-state index contributed by atoms with van der Waals surface area (Å²) in [6.07, 6.45) is 8.12. The van der Waals surface area contributed by atoms with Crippen molar-refractivity contribution in [1.82, 2.24) is 20.0 Å². The van der Waals surface area contributed by atoms with Crippen LogP contribution in [0.3, 0.4) is 0 Å². The molecule has 2 saturated heterocycles. The van der Waals surface area contributed by atoms with Gasteiger partial charge in [0.15, 0.2) is 0 Å². The highest BCUT2D eigenvalue weighted by atomic mass is 16.2. The molecular formula is C18H22N4O. The Morgan fingerprint density at radius 3 is 2.48 bits per heavy atom. The van der Waals surface area contributed by atoms with Gasteiger partial charge < -0.3 is 10.2 Å². The largest absolute Gasteiger partial charge is 0.334 e. The lowest BCUT2D eigenvalue weighted by Gasteiger charge is -2.38. The molecule has 4 rings (SSSR count). The molecule has 0 aliphatic carbocycles. The fourth-order valence-electron chi connectivity index (χ4n) is 4.06. The van der Waals surface area contributed by atoms with Crippen molar-refractivity contribution < 1.29 is 4.79 Å². The highest BCUT2D eigenvalue weighted by Crippen LogP contribution is 2.40. The maximum absolute atomic E-state index is 12.6. The van der Waals surface area contributed by atoms with E-state index in [-0.39, 0.29) is 6.03 Å². The van der Waals surface area contributed by atoms with Crippen LogP contribution in [0.25, 0.3) is 0 Å². The molecule has 1 N–H and O–H groups in total. The number of carbonyl (C=O) groups excluding carboxylic acids is 1. The lowest BCUT2D eigenvalue weighted by atomic mass is 9.98. The summed E-state index contributed by atoms with van der Waals surface area (Å²) in [5.41, 5.74) is 1.14. The van der Waals surface area contributed by atoms with E-state index < -0.39 is 0 Å². The zero-order valence-electron chi connectivity index (χ0n) is 13.1. The molecule has 3 heterocycles. The minimum Gasteiger partial charge on any atom is -0.334 e. The third kappa shape index (κ3) is 2.83. The summed E-state index contributed by atoms with van der Waals surface area (Å²) < 4.78 is 2.06. The van der Waals surface area contributed by atoms with E-state index in [1.54, 1.807) is 0 Å². The molecule has 2 aromatic rings. The van der Waals surface area contributed by atoms with Gasteiger partial charge in [-0.15, -0.1) is 0 Å². The number of hydrogen-bond donors (Lipinski definition) is 1. The fraction of sp³-hybridized carbons (Fsp3) is 0.444. The average molecular weight is 310 g/mol. The van der Waals surface area contributed by atoms with Crippen LogP contribution in [0.2, 0.25) is 0 Å². The average Bonchev–Trinajstić information content (AvgIpc) is 3.20. The zero-order valence-corrected chi connectivity index (χ0v) is 13.1. The number of benzene rings is 1. The quantitative estimate of drug-likeness (QED) is 0.947. The molecule has 120 valence electrons. The third-order valence-electron chi connectivity index (χ3n) is 5.13. The summed E-state index contributed by atoms with van der Waals surface area (Å²) in [7, 11) is 0. The molecule has 2 aliphatic heterocycles. The van der Waals surface area contributed by atoms with Crippen molar-refractivity contribution >= 4 is 6.03 Å². The van der Waals surface area contributed by atoms with Crippen LogP contribution in [-0.2, 0) is 6.54 Å². The van der Waals surface area contributed by atoms with Crippen LogP contribution in [0.1, 0.15) is 37.3 Å². The monoisotopic (exact) mass is 310 g/mol. The maximum atomic E-state index is 12.6. The number of nitrogens with zero attached hydrogens (tertiary/aromatic N) is 3. The van der Waals surface area contributed by atoms with Crippen LogP contribution >= 0.6 is 0 Å². The number of nitrogens with one attached hydrogen (secondary N) is 1. The van der Waals surface area contributed by atoms with E-state index in [4.69, 9.17) is 0 Å². The molecule has 5 nitrogen and oxygen atoms in total. The summed E-state index contributed by atoms with van der Waals surface area (Å²) in [6, 6.07) is 13.3. The highest BCUT2D eigenvalue weighted by Gasteiger charge is 2.43. The van der Waals surface area contributed by atoms with Gasteiger partial charge in [-0.25, -0.2) is 4.79 Å². The maximum Gasteiger partial charge on any atom is 0.318 e. The van der Waals surface area contributed by atoms with Gasteiger partial charge in [0.1, 0.15) is 0 Å². The van der Waals surface area contributed by atoms with Crippen LogP contribution in [0.4, 0.5) is 4.79 Å². The second-order valence-corrected chi connectivity index (χ2v) is 6.55. The number of fused-ring (bicyclic) bond motifs is 2. The van der Waals surface area contributed by atoms with Crippen molar-refractivity contribution in [2.24, 2.45) is 0 Å². The minimum absolute atomic E-state index is 0.0836. The van der Waals surface area contributed by atoms with Gasteiger partial charge in [-0.3, -0.25) is 4.68 Å². The van der Waals surface area contributed by atoms with Crippen molar-refractivity contribution in [3.05, 3.63) is 54.4 Å². The molecule has 2 bridgehead atoms.